The van der Waals surface area contributed by atoms with Crippen LogP contribution < -0.4 is 10.6 Å². The number of carboxylic acids is 1. The highest BCUT2D eigenvalue weighted by Crippen LogP contribution is 2.43. The Morgan fingerprint density at radius 2 is 1.72 bits per heavy atom. The highest BCUT2D eigenvalue weighted by atomic mass is 16.4. The summed E-state index contributed by atoms with van der Waals surface area (Å²) < 4.78 is 2.16. The Balaban J connectivity index is 1.40. The normalized spacial score (nSPS) is 14.2. The van der Waals surface area contributed by atoms with E-state index in [4.69, 9.17) is 10.1 Å². The van der Waals surface area contributed by atoms with Gasteiger partial charge in [0, 0.05) is 41.5 Å². The Bertz CT molecular complexity index is 1710. The second-order valence-corrected chi connectivity index (χ2v) is 11.9. The van der Waals surface area contributed by atoms with Crippen molar-refractivity contribution < 1.29 is 19.5 Å². The van der Waals surface area contributed by atoms with E-state index in [2.05, 4.69) is 28.2 Å². The highest BCUT2D eigenvalue weighted by molar-refractivity contribution is 6.05. The number of carbonyl (C=O) groups is 3. The van der Waals surface area contributed by atoms with Crippen LogP contribution in [0.5, 0.6) is 0 Å². The molecule has 1 saturated carbocycles. The summed E-state index contributed by atoms with van der Waals surface area (Å²) in [7, 11) is 2.04. The number of amides is 2. The van der Waals surface area contributed by atoms with Crippen LogP contribution in [0.2, 0.25) is 0 Å². The average Bonchev–Trinajstić information content (AvgIpc) is 3.28. The summed E-state index contributed by atoms with van der Waals surface area (Å²) in [6.45, 7) is 5.39. The number of aliphatic carboxylic acids is 1. The molecule has 2 heterocycles. The van der Waals surface area contributed by atoms with Gasteiger partial charge in [0.1, 0.15) is 5.54 Å². The molecule has 0 radical (unpaired) electrons. The molecule has 8 nitrogen and oxygen atoms in total. The van der Waals surface area contributed by atoms with Crippen LogP contribution >= 0.6 is 0 Å². The number of carbonyl (C=O) groups excluding carboxylic acids is 2. The summed E-state index contributed by atoms with van der Waals surface area (Å²) in [5, 5.41) is 15.7. The van der Waals surface area contributed by atoms with E-state index in [9.17, 15) is 14.4 Å². The maximum absolute atomic E-state index is 13.5. The van der Waals surface area contributed by atoms with Crippen molar-refractivity contribution in [2.75, 3.05) is 5.32 Å². The molecule has 0 atom stereocenters. The van der Waals surface area contributed by atoms with Gasteiger partial charge < -0.3 is 20.3 Å². The molecule has 2 amide bonds. The van der Waals surface area contributed by atoms with E-state index in [1.54, 1.807) is 38.1 Å². The third-order valence-corrected chi connectivity index (χ3v) is 8.25. The lowest BCUT2D eigenvalue weighted by molar-refractivity contribution is -0.131. The second-order valence-electron chi connectivity index (χ2n) is 11.9. The van der Waals surface area contributed by atoms with Crippen LogP contribution in [0.25, 0.3) is 28.4 Å². The SMILES string of the molecule is Cc1ccnc(-c2c(C3CCCCC3)c3ccc(C(=O)NC(C)(C)C(=O)Nc4ccc(/C=C/C(=O)O)cc4)cc3n2C)c1. The summed E-state index contributed by atoms with van der Waals surface area (Å²) in [5.74, 6) is -1.30. The van der Waals surface area contributed by atoms with Crippen LogP contribution in [-0.4, -0.2) is 38.0 Å². The molecule has 0 aliphatic heterocycles. The second kappa shape index (κ2) is 12.3. The summed E-state index contributed by atoms with van der Waals surface area (Å²) in [5.41, 5.74) is 5.97. The standard InChI is InChI=1S/C35H38N4O4/c1-22-18-19-36-28(20-22)32-31(24-8-6-5-7-9-24)27-16-13-25(21-29(27)39(32)4)33(42)38-35(2,3)34(43)37-26-14-10-23(11-15-26)12-17-30(40)41/h10-21,24H,5-9H2,1-4H3,(H,37,43)(H,38,42)(H,40,41)/b17-12+. The number of aromatic nitrogens is 2. The van der Waals surface area contributed by atoms with Gasteiger partial charge in [0.15, 0.2) is 0 Å². The quantitative estimate of drug-likeness (QED) is 0.198. The minimum absolute atomic E-state index is 0.341. The number of nitrogens with zero attached hydrogens (tertiary/aromatic N) is 2. The first kappa shape index (κ1) is 29.8. The molecular weight excluding hydrogens is 540 g/mol. The highest BCUT2D eigenvalue weighted by Gasteiger charge is 2.31. The Morgan fingerprint density at radius 3 is 2.40 bits per heavy atom. The van der Waals surface area contributed by atoms with Crippen LogP contribution in [0.4, 0.5) is 5.69 Å². The molecule has 0 saturated heterocycles. The van der Waals surface area contributed by atoms with Crippen LogP contribution in [0.3, 0.4) is 0 Å². The smallest absolute Gasteiger partial charge is 0.328 e. The molecule has 0 spiro atoms. The van der Waals surface area contributed by atoms with E-state index < -0.39 is 11.5 Å². The lowest BCUT2D eigenvalue weighted by Gasteiger charge is -2.25. The zero-order valence-corrected chi connectivity index (χ0v) is 25.1. The minimum Gasteiger partial charge on any atom is -0.478 e. The van der Waals surface area contributed by atoms with Crippen LogP contribution in [0.15, 0.2) is 66.9 Å². The zero-order valence-electron chi connectivity index (χ0n) is 25.1. The number of carboxylic acid groups (broad SMARTS) is 1. The molecule has 2 aromatic heterocycles. The topological polar surface area (TPSA) is 113 Å². The third kappa shape index (κ3) is 6.53. The Kier molecular flexibility index (Phi) is 8.48. The maximum atomic E-state index is 13.5. The van der Waals surface area contributed by atoms with Gasteiger partial charge in [0.05, 0.1) is 11.4 Å². The first-order chi connectivity index (χ1) is 20.5. The van der Waals surface area contributed by atoms with E-state index in [0.29, 0.717) is 22.7 Å². The number of rotatable bonds is 8. The lowest BCUT2D eigenvalue weighted by atomic mass is 9.82. The van der Waals surface area contributed by atoms with Crippen LogP contribution in [-0.2, 0) is 16.6 Å². The molecule has 1 aliphatic carbocycles. The first-order valence-electron chi connectivity index (χ1n) is 14.7. The van der Waals surface area contributed by atoms with E-state index in [1.165, 1.54) is 30.9 Å². The Hall–Kier alpha value is -4.72. The average molecular weight is 579 g/mol. The van der Waals surface area contributed by atoms with Gasteiger partial charge in [-0.25, -0.2) is 4.79 Å². The lowest BCUT2D eigenvalue weighted by Crippen LogP contribution is -2.52. The van der Waals surface area contributed by atoms with Crippen molar-refractivity contribution in [2.24, 2.45) is 7.05 Å². The molecule has 2 aromatic carbocycles. The number of benzene rings is 2. The van der Waals surface area contributed by atoms with Gasteiger partial charge in [-0.05, 0) is 98.7 Å². The number of hydrogen-bond donors (Lipinski definition) is 3. The molecule has 5 rings (SSSR count). The molecule has 222 valence electrons. The van der Waals surface area contributed by atoms with Crippen LogP contribution in [0.1, 0.15) is 78.9 Å². The number of nitrogens with one attached hydrogen (secondary N) is 2. The fourth-order valence-corrected chi connectivity index (χ4v) is 5.93. The van der Waals surface area contributed by atoms with Gasteiger partial charge in [-0.3, -0.25) is 14.6 Å². The fourth-order valence-electron chi connectivity index (χ4n) is 5.93. The van der Waals surface area contributed by atoms with Gasteiger partial charge in [0.2, 0.25) is 5.91 Å². The van der Waals surface area contributed by atoms with Gasteiger partial charge in [0.25, 0.3) is 5.91 Å². The number of fused-ring (bicyclic) bond motifs is 1. The molecule has 3 N–H and O–H groups in total. The predicted octanol–water partition coefficient (Wildman–Crippen LogP) is 6.84. The fraction of sp³-hybridized carbons (Fsp3) is 0.314. The molecule has 0 unspecified atom stereocenters. The number of hydrogen-bond acceptors (Lipinski definition) is 4. The van der Waals surface area contributed by atoms with Gasteiger partial charge in [-0.1, -0.05) is 37.5 Å². The Morgan fingerprint density at radius 1 is 1.00 bits per heavy atom. The van der Waals surface area contributed by atoms with Crippen molar-refractivity contribution in [1.82, 2.24) is 14.9 Å². The first-order valence-corrected chi connectivity index (χ1v) is 14.7. The molecular formula is C35H38N4O4. The van der Waals surface area contributed by atoms with Crippen LogP contribution in [0, 0.1) is 6.92 Å². The van der Waals surface area contributed by atoms with Gasteiger partial charge in [-0.2, -0.15) is 0 Å². The summed E-state index contributed by atoms with van der Waals surface area (Å²) in [6.07, 6.45) is 10.4. The molecule has 4 aromatic rings. The molecule has 1 fully saturated rings. The largest absolute Gasteiger partial charge is 0.478 e. The molecule has 0 bridgehead atoms. The Labute approximate surface area is 251 Å². The van der Waals surface area contributed by atoms with Gasteiger partial charge in [-0.15, -0.1) is 0 Å². The summed E-state index contributed by atoms with van der Waals surface area (Å²) >= 11 is 0. The van der Waals surface area contributed by atoms with E-state index in [-0.39, 0.29) is 11.8 Å². The number of aryl methyl sites for hydroxylation is 2. The van der Waals surface area contributed by atoms with Gasteiger partial charge >= 0.3 is 5.97 Å². The van der Waals surface area contributed by atoms with Crippen molar-refractivity contribution in [3.8, 4) is 11.4 Å². The minimum atomic E-state index is -1.20. The van der Waals surface area contributed by atoms with Crippen molar-refractivity contribution >= 4 is 40.4 Å². The third-order valence-electron chi connectivity index (χ3n) is 8.25. The maximum Gasteiger partial charge on any atom is 0.328 e. The van der Waals surface area contributed by atoms with Crippen molar-refractivity contribution in [3.05, 3.63) is 89.1 Å². The number of pyridine rings is 1. The molecule has 8 heteroatoms. The molecule has 43 heavy (non-hydrogen) atoms. The summed E-state index contributed by atoms with van der Waals surface area (Å²) in [4.78, 5) is 42.1. The predicted molar refractivity (Wildman–Crippen MR) is 170 cm³/mol. The van der Waals surface area contributed by atoms with Crippen molar-refractivity contribution in [2.45, 2.75) is 64.3 Å². The van der Waals surface area contributed by atoms with E-state index in [0.717, 1.165) is 46.8 Å². The van der Waals surface area contributed by atoms with Crippen molar-refractivity contribution in [3.63, 3.8) is 0 Å². The van der Waals surface area contributed by atoms with E-state index in [1.807, 2.05) is 37.5 Å². The summed E-state index contributed by atoms with van der Waals surface area (Å²) in [6, 6.07) is 16.7. The monoisotopic (exact) mass is 578 g/mol. The van der Waals surface area contributed by atoms with Crippen molar-refractivity contribution in [1.29, 1.82) is 0 Å². The number of anilines is 1. The zero-order chi connectivity index (χ0) is 30.7. The molecule has 1 aliphatic rings. The van der Waals surface area contributed by atoms with E-state index >= 15 is 0 Å².